The maximum atomic E-state index is 12.8. The lowest BCUT2D eigenvalue weighted by Gasteiger charge is -2.32. The van der Waals surface area contributed by atoms with Crippen LogP contribution in [-0.4, -0.2) is 52.9 Å². The number of aryl methyl sites for hydroxylation is 1. The van der Waals surface area contributed by atoms with Gasteiger partial charge >= 0.3 is 6.03 Å². The van der Waals surface area contributed by atoms with Crippen LogP contribution < -0.4 is 10.2 Å². The monoisotopic (exact) mass is 397 g/mol. The molecule has 2 fully saturated rings. The zero-order valence-electron chi connectivity index (χ0n) is 16.7. The molecule has 3 heterocycles. The summed E-state index contributed by atoms with van der Waals surface area (Å²) < 4.78 is 7.70. The third-order valence-corrected chi connectivity index (χ3v) is 5.44. The highest BCUT2D eigenvalue weighted by molar-refractivity contribution is 5.95. The lowest BCUT2D eigenvalue weighted by molar-refractivity contribution is -0.119. The molecule has 2 aliphatic heterocycles. The van der Waals surface area contributed by atoms with Crippen molar-refractivity contribution in [1.29, 1.82) is 0 Å². The Morgan fingerprint density at radius 3 is 3.00 bits per heavy atom. The van der Waals surface area contributed by atoms with E-state index in [0.717, 1.165) is 37.2 Å². The van der Waals surface area contributed by atoms with Gasteiger partial charge in [-0.2, -0.15) is 5.10 Å². The Balaban J connectivity index is 1.41. The van der Waals surface area contributed by atoms with E-state index >= 15 is 0 Å². The zero-order chi connectivity index (χ0) is 20.2. The van der Waals surface area contributed by atoms with E-state index in [2.05, 4.69) is 10.4 Å². The van der Waals surface area contributed by atoms with Crippen LogP contribution >= 0.6 is 0 Å². The van der Waals surface area contributed by atoms with E-state index < -0.39 is 0 Å². The Kier molecular flexibility index (Phi) is 5.80. The van der Waals surface area contributed by atoms with Gasteiger partial charge < -0.3 is 19.9 Å². The van der Waals surface area contributed by atoms with Crippen molar-refractivity contribution in [1.82, 2.24) is 14.7 Å². The molecular formula is C21H27N5O3. The van der Waals surface area contributed by atoms with Crippen molar-refractivity contribution < 1.29 is 14.3 Å². The van der Waals surface area contributed by atoms with Crippen LogP contribution in [0.15, 0.2) is 36.7 Å². The number of nitrogens with one attached hydrogen (secondary N) is 1. The van der Waals surface area contributed by atoms with Crippen LogP contribution in [0.4, 0.5) is 16.2 Å². The highest BCUT2D eigenvalue weighted by Crippen LogP contribution is 2.25. The smallest absolute Gasteiger partial charge is 0.322 e. The fourth-order valence-corrected chi connectivity index (χ4v) is 3.79. The van der Waals surface area contributed by atoms with Crippen molar-refractivity contribution in [2.24, 2.45) is 0 Å². The summed E-state index contributed by atoms with van der Waals surface area (Å²) in [4.78, 5) is 28.6. The number of anilines is 2. The third-order valence-electron chi connectivity index (χ3n) is 5.44. The van der Waals surface area contributed by atoms with Crippen molar-refractivity contribution in [2.75, 3.05) is 36.5 Å². The lowest BCUT2D eigenvalue weighted by atomic mass is 10.1. The molecule has 0 spiro atoms. The number of hydrogen-bond donors (Lipinski definition) is 1. The largest absolute Gasteiger partial charge is 0.370 e. The fourth-order valence-electron chi connectivity index (χ4n) is 3.79. The van der Waals surface area contributed by atoms with Crippen LogP contribution in [0.3, 0.4) is 0 Å². The van der Waals surface area contributed by atoms with Crippen LogP contribution in [0.1, 0.15) is 37.9 Å². The van der Waals surface area contributed by atoms with Gasteiger partial charge in [-0.05, 0) is 38.0 Å². The van der Waals surface area contributed by atoms with Crippen molar-refractivity contribution in [2.45, 2.75) is 38.8 Å². The first-order valence-corrected chi connectivity index (χ1v) is 10.2. The van der Waals surface area contributed by atoms with E-state index in [-0.39, 0.29) is 18.0 Å². The predicted molar refractivity (Wildman–Crippen MR) is 110 cm³/mol. The van der Waals surface area contributed by atoms with E-state index in [4.69, 9.17) is 4.74 Å². The summed E-state index contributed by atoms with van der Waals surface area (Å²) in [6, 6.07) is 7.33. The van der Waals surface area contributed by atoms with Gasteiger partial charge in [-0.3, -0.25) is 9.48 Å². The number of urea groups is 1. The van der Waals surface area contributed by atoms with Crippen LogP contribution in [0.2, 0.25) is 0 Å². The van der Waals surface area contributed by atoms with Gasteiger partial charge in [0.25, 0.3) is 0 Å². The van der Waals surface area contributed by atoms with Gasteiger partial charge in [-0.1, -0.05) is 6.07 Å². The number of rotatable bonds is 4. The highest BCUT2D eigenvalue weighted by Gasteiger charge is 2.27. The van der Waals surface area contributed by atoms with Gasteiger partial charge in [0.2, 0.25) is 5.91 Å². The number of ether oxygens (including phenoxy) is 1. The SMILES string of the molecule is CCn1cc([C@H]2CN(C(=O)Nc3cccc(N4CCCCC4=O)c3)CCO2)cn1. The summed E-state index contributed by atoms with van der Waals surface area (Å²) in [5.74, 6) is 0.142. The van der Waals surface area contributed by atoms with E-state index in [9.17, 15) is 9.59 Å². The molecular weight excluding hydrogens is 370 g/mol. The van der Waals surface area contributed by atoms with Gasteiger partial charge in [-0.15, -0.1) is 0 Å². The average molecular weight is 397 g/mol. The number of carbonyl (C=O) groups excluding carboxylic acids is 2. The van der Waals surface area contributed by atoms with Gasteiger partial charge in [0.05, 0.1) is 19.3 Å². The summed E-state index contributed by atoms with van der Waals surface area (Å²) in [5.41, 5.74) is 2.50. The first-order chi connectivity index (χ1) is 14.1. The number of hydrogen-bond acceptors (Lipinski definition) is 4. The van der Waals surface area contributed by atoms with Crippen molar-refractivity contribution >= 4 is 23.3 Å². The Labute approximate surface area is 170 Å². The summed E-state index contributed by atoms with van der Waals surface area (Å²) in [6.07, 6.45) is 6.13. The number of nitrogens with zero attached hydrogens (tertiary/aromatic N) is 4. The summed E-state index contributed by atoms with van der Waals surface area (Å²) in [6.45, 7) is 5.06. The van der Waals surface area contributed by atoms with Gasteiger partial charge in [-0.25, -0.2) is 4.79 Å². The number of amides is 3. The van der Waals surface area contributed by atoms with Crippen molar-refractivity contribution in [3.8, 4) is 0 Å². The lowest BCUT2D eigenvalue weighted by Crippen LogP contribution is -2.44. The molecule has 0 saturated carbocycles. The molecule has 1 atom stereocenters. The standard InChI is InChI=1S/C21H27N5O3/c1-2-25-14-16(13-22-25)19-15-24(10-11-29-19)21(28)23-17-6-5-7-18(12-17)26-9-4-3-8-20(26)27/h5-7,12-14,19H,2-4,8-11,15H2,1H3,(H,23,28)/t19-/m1/s1. The molecule has 3 amide bonds. The summed E-state index contributed by atoms with van der Waals surface area (Å²) in [5, 5.41) is 7.26. The molecule has 8 nitrogen and oxygen atoms in total. The molecule has 0 aliphatic carbocycles. The van der Waals surface area contributed by atoms with E-state index in [1.54, 1.807) is 16.0 Å². The molecule has 0 bridgehead atoms. The number of carbonyl (C=O) groups is 2. The third kappa shape index (κ3) is 4.42. The second-order valence-corrected chi connectivity index (χ2v) is 7.42. The number of benzene rings is 1. The molecule has 0 radical (unpaired) electrons. The van der Waals surface area contributed by atoms with Gasteiger partial charge in [0.15, 0.2) is 0 Å². The average Bonchev–Trinajstić information content (AvgIpc) is 3.24. The van der Waals surface area contributed by atoms with Gasteiger partial charge in [0.1, 0.15) is 6.10 Å². The van der Waals surface area contributed by atoms with Crippen molar-refractivity contribution in [3.05, 3.63) is 42.2 Å². The van der Waals surface area contributed by atoms with E-state index in [0.29, 0.717) is 31.8 Å². The van der Waals surface area contributed by atoms with E-state index in [1.165, 1.54) is 0 Å². The highest BCUT2D eigenvalue weighted by atomic mass is 16.5. The normalized spacial score (nSPS) is 20.0. The maximum absolute atomic E-state index is 12.8. The van der Waals surface area contributed by atoms with Crippen LogP contribution in [0.5, 0.6) is 0 Å². The molecule has 4 rings (SSSR count). The molecule has 1 aromatic carbocycles. The first-order valence-electron chi connectivity index (χ1n) is 10.2. The van der Waals surface area contributed by atoms with Crippen LogP contribution in [0.25, 0.3) is 0 Å². The zero-order valence-corrected chi connectivity index (χ0v) is 16.7. The minimum atomic E-state index is -0.174. The number of piperidine rings is 1. The molecule has 2 saturated heterocycles. The molecule has 2 aliphatic rings. The molecule has 2 aromatic rings. The van der Waals surface area contributed by atoms with Crippen LogP contribution in [-0.2, 0) is 16.1 Å². The topological polar surface area (TPSA) is 79.7 Å². The minimum absolute atomic E-state index is 0.142. The second kappa shape index (κ2) is 8.65. The molecule has 8 heteroatoms. The van der Waals surface area contributed by atoms with Crippen LogP contribution in [0, 0.1) is 0 Å². The maximum Gasteiger partial charge on any atom is 0.322 e. The molecule has 0 unspecified atom stereocenters. The molecule has 1 N–H and O–H groups in total. The Bertz CT molecular complexity index is 881. The molecule has 29 heavy (non-hydrogen) atoms. The van der Waals surface area contributed by atoms with Gasteiger partial charge in [0, 0.05) is 49.2 Å². The van der Waals surface area contributed by atoms with Crippen molar-refractivity contribution in [3.63, 3.8) is 0 Å². The minimum Gasteiger partial charge on any atom is -0.370 e. The molecule has 154 valence electrons. The molecule has 1 aromatic heterocycles. The predicted octanol–water partition coefficient (Wildman–Crippen LogP) is 3.03. The Morgan fingerprint density at radius 2 is 2.21 bits per heavy atom. The fraction of sp³-hybridized carbons (Fsp3) is 0.476. The first kappa shape index (κ1) is 19.4. The Hall–Kier alpha value is -2.87. The number of morpholine rings is 1. The Morgan fingerprint density at radius 1 is 1.31 bits per heavy atom. The number of aromatic nitrogens is 2. The van der Waals surface area contributed by atoms with E-state index in [1.807, 2.05) is 42.1 Å². The second-order valence-electron chi connectivity index (χ2n) is 7.42. The quantitative estimate of drug-likeness (QED) is 0.860. The summed E-state index contributed by atoms with van der Waals surface area (Å²) >= 11 is 0. The summed E-state index contributed by atoms with van der Waals surface area (Å²) in [7, 11) is 0.